The third kappa shape index (κ3) is 2.51. The van der Waals surface area contributed by atoms with Crippen LogP contribution in [0.1, 0.15) is 27.0 Å². The third-order valence-electron chi connectivity index (χ3n) is 4.06. The van der Waals surface area contributed by atoms with Crippen molar-refractivity contribution in [3.63, 3.8) is 0 Å². The van der Waals surface area contributed by atoms with Crippen molar-refractivity contribution >= 4 is 28.8 Å². The maximum Gasteiger partial charge on any atom is 0.295 e. The Morgan fingerprint density at radius 1 is 1.35 bits per heavy atom. The van der Waals surface area contributed by atoms with E-state index in [1.165, 1.54) is 16.2 Å². The fourth-order valence-electron chi connectivity index (χ4n) is 2.93. The van der Waals surface area contributed by atoms with E-state index in [4.69, 9.17) is 4.52 Å². The lowest BCUT2D eigenvalue weighted by Gasteiger charge is -2.23. The average Bonchev–Trinajstić information content (AvgIpc) is 3.37. The summed E-state index contributed by atoms with van der Waals surface area (Å²) >= 11 is 1.25. The molecule has 0 saturated carbocycles. The van der Waals surface area contributed by atoms with Gasteiger partial charge in [-0.15, -0.1) is 11.3 Å². The number of ketones is 1. The minimum absolute atomic E-state index is 0.00565. The number of aryl methyl sites for hydroxylation is 1. The van der Waals surface area contributed by atoms with Crippen LogP contribution >= 0.6 is 11.3 Å². The van der Waals surface area contributed by atoms with Crippen molar-refractivity contribution in [3.8, 4) is 0 Å². The Kier molecular flexibility index (Phi) is 3.89. The Hall–Kier alpha value is -3.26. The maximum atomic E-state index is 13.0. The molecule has 3 aromatic rings. The van der Waals surface area contributed by atoms with Gasteiger partial charge in [-0.1, -0.05) is 17.3 Å². The highest BCUT2D eigenvalue weighted by Gasteiger charge is 2.46. The summed E-state index contributed by atoms with van der Waals surface area (Å²) in [5.74, 6) is -0.954. The van der Waals surface area contributed by atoms with Crippen molar-refractivity contribution in [3.05, 3.63) is 75.6 Å². The lowest BCUT2D eigenvalue weighted by atomic mass is 9.96. The van der Waals surface area contributed by atoms with Gasteiger partial charge in [0.25, 0.3) is 5.91 Å². The molecule has 3 aromatic heterocycles. The Labute approximate surface area is 152 Å². The molecule has 7 nitrogen and oxygen atoms in total. The highest BCUT2D eigenvalue weighted by molar-refractivity contribution is 7.12. The molecule has 0 spiro atoms. The molecule has 1 atom stereocenters. The number of nitrogens with zero attached hydrogens (tertiary/aromatic N) is 3. The molecule has 0 aliphatic carbocycles. The van der Waals surface area contributed by atoms with Crippen molar-refractivity contribution in [1.29, 1.82) is 0 Å². The molecule has 4 rings (SSSR count). The molecule has 4 heterocycles. The van der Waals surface area contributed by atoms with E-state index < -0.39 is 23.5 Å². The van der Waals surface area contributed by atoms with E-state index in [2.05, 4.69) is 10.1 Å². The number of aliphatic hydroxyl groups is 1. The van der Waals surface area contributed by atoms with Crippen LogP contribution in [0.2, 0.25) is 0 Å². The summed E-state index contributed by atoms with van der Waals surface area (Å²) in [6.45, 7) is 1.70. The fraction of sp³-hybridized carbons (Fsp3) is 0.111. The third-order valence-corrected chi connectivity index (χ3v) is 4.93. The van der Waals surface area contributed by atoms with E-state index in [1.807, 2.05) is 0 Å². The van der Waals surface area contributed by atoms with Crippen LogP contribution in [-0.4, -0.2) is 26.9 Å². The van der Waals surface area contributed by atoms with Gasteiger partial charge in [-0.3, -0.25) is 19.5 Å². The number of anilines is 1. The number of carbonyl (C=O) groups excluding carboxylic acids is 2. The Morgan fingerprint density at radius 3 is 2.81 bits per heavy atom. The standard InChI is InChI=1S/C18H13N3O4S/c1-10-8-13(20-25-10)21-15(11-4-2-6-19-9-11)14(17(23)18(21)24)16(22)12-5-3-7-26-12/h2-9,15,23H,1H3/t15-/m1/s1. The Bertz CT molecular complexity index is 1010. The zero-order valence-corrected chi connectivity index (χ0v) is 14.4. The van der Waals surface area contributed by atoms with Gasteiger partial charge in [0.05, 0.1) is 16.5 Å². The molecule has 130 valence electrons. The molecule has 0 aromatic carbocycles. The summed E-state index contributed by atoms with van der Waals surface area (Å²) in [4.78, 5) is 31.5. The number of thiophene rings is 1. The van der Waals surface area contributed by atoms with Crippen molar-refractivity contribution in [2.45, 2.75) is 13.0 Å². The van der Waals surface area contributed by atoms with Crippen LogP contribution in [0.25, 0.3) is 0 Å². The monoisotopic (exact) mass is 367 g/mol. The number of carbonyl (C=O) groups is 2. The number of aliphatic hydroxyl groups excluding tert-OH is 1. The normalized spacial score (nSPS) is 17.2. The second-order valence-electron chi connectivity index (χ2n) is 5.73. The van der Waals surface area contributed by atoms with Gasteiger partial charge in [0.2, 0.25) is 5.78 Å². The molecular weight excluding hydrogens is 354 g/mol. The first-order valence-electron chi connectivity index (χ1n) is 7.76. The number of hydrogen-bond donors (Lipinski definition) is 1. The average molecular weight is 367 g/mol. The topological polar surface area (TPSA) is 96.5 Å². The number of hydrogen-bond acceptors (Lipinski definition) is 7. The van der Waals surface area contributed by atoms with Crippen molar-refractivity contribution in [1.82, 2.24) is 10.1 Å². The maximum absolute atomic E-state index is 13.0. The second kappa shape index (κ2) is 6.23. The number of amides is 1. The molecule has 1 amide bonds. The van der Waals surface area contributed by atoms with Gasteiger partial charge in [0, 0.05) is 18.5 Å². The predicted octanol–water partition coefficient (Wildman–Crippen LogP) is 3.22. The SMILES string of the molecule is Cc1cc(N2C(=O)C(O)=C(C(=O)c3cccs3)[C@H]2c2cccnc2)no1. The Balaban J connectivity index is 1.88. The smallest absolute Gasteiger partial charge is 0.295 e. The molecule has 26 heavy (non-hydrogen) atoms. The van der Waals surface area contributed by atoms with E-state index in [0.717, 1.165) is 0 Å². The first-order chi connectivity index (χ1) is 12.6. The van der Waals surface area contributed by atoms with E-state index in [-0.39, 0.29) is 11.4 Å². The summed E-state index contributed by atoms with van der Waals surface area (Å²) in [7, 11) is 0. The van der Waals surface area contributed by atoms with E-state index >= 15 is 0 Å². The van der Waals surface area contributed by atoms with Crippen LogP contribution in [-0.2, 0) is 4.79 Å². The van der Waals surface area contributed by atoms with Crippen LogP contribution in [0.4, 0.5) is 5.82 Å². The van der Waals surface area contributed by atoms with Crippen molar-refractivity contribution < 1.29 is 19.2 Å². The second-order valence-corrected chi connectivity index (χ2v) is 6.68. The lowest BCUT2D eigenvalue weighted by Crippen LogP contribution is -2.31. The van der Waals surface area contributed by atoms with Gasteiger partial charge >= 0.3 is 0 Å². The molecule has 0 fully saturated rings. The van der Waals surface area contributed by atoms with E-state index in [9.17, 15) is 14.7 Å². The van der Waals surface area contributed by atoms with Crippen LogP contribution < -0.4 is 4.90 Å². The van der Waals surface area contributed by atoms with Crippen LogP contribution in [0.3, 0.4) is 0 Å². The molecule has 0 saturated heterocycles. The van der Waals surface area contributed by atoms with Crippen LogP contribution in [0.5, 0.6) is 0 Å². The predicted molar refractivity (Wildman–Crippen MR) is 94.0 cm³/mol. The molecular formula is C18H13N3O4S. The number of aromatic nitrogens is 2. The van der Waals surface area contributed by atoms with Crippen molar-refractivity contribution in [2.75, 3.05) is 4.90 Å². The van der Waals surface area contributed by atoms with E-state index in [0.29, 0.717) is 16.2 Å². The Morgan fingerprint density at radius 2 is 2.19 bits per heavy atom. The number of rotatable bonds is 4. The zero-order valence-electron chi connectivity index (χ0n) is 13.6. The number of Topliss-reactive ketones (excluding diaryl/α,β-unsaturated/α-hetero) is 1. The number of pyridine rings is 1. The van der Waals surface area contributed by atoms with Gasteiger partial charge in [-0.25, -0.2) is 0 Å². The molecule has 0 radical (unpaired) electrons. The quantitative estimate of drug-likeness (QED) is 0.711. The minimum atomic E-state index is -0.838. The summed E-state index contributed by atoms with van der Waals surface area (Å²) < 4.78 is 5.07. The summed E-state index contributed by atoms with van der Waals surface area (Å²) in [5, 5.41) is 16.1. The van der Waals surface area contributed by atoms with Crippen molar-refractivity contribution in [2.24, 2.45) is 0 Å². The minimum Gasteiger partial charge on any atom is -0.503 e. The van der Waals surface area contributed by atoms with Crippen LogP contribution in [0.15, 0.2) is 64.0 Å². The highest BCUT2D eigenvalue weighted by atomic mass is 32.1. The summed E-state index contributed by atoms with van der Waals surface area (Å²) in [5.41, 5.74) is 0.594. The highest BCUT2D eigenvalue weighted by Crippen LogP contribution is 2.41. The molecule has 0 unspecified atom stereocenters. The van der Waals surface area contributed by atoms with Gasteiger partial charge in [0.15, 0.2) is 11.6 Å². The van der Waals surface area contributed by atoms with Gasteiger partial charge in [0.1, 0.15) is 5.76 Å². The lowest BCUT2D eigenvalue weighted by molar-refractivity contribution is -0.117. The zero-order chi connectivity index (χ0) is 18.3. The first kappa shape index (κ1) is 16.2. The summed E-state index contributed by atoms with van der Waals surface area (Å²) in [6, 6.07) is 7.58. The molecule has 1 N–H and O–H groups in total. The largest absolute Gasteiger partial charge is 0.503 e. The van der Waals surface area contributed by atoms with Gasteiger partial charge in [-0.05, 0) is 30.0 Å². The molecule has 1 aliphatic rings. The van der Waals surface area contributed by atoms with Crippen LogP contribution in [0, 0.1) is 6.92 Å². The fourth-order valence-corrected chi connectivity index (χ4v) is 3.61. The van der Waals surface area contributed by atoms with E-state index in [1.54, 1.807) is 55.0 Å². The van der Waals surface area contributed by atoms with Gasteiger partial charge < -0.3 is 9.63 Å². The molecule has 0 bridgehead atoms. The first-order valence-corrected chi connectivity index (χ1v) is 8.64. The summed E-state index contributed by atoms with van der Waals surface area (Å²) in [6.07, 6.45) is 3.15. The van der Waals surface area contributed by atoms with Gasteiger partial charge in [-0.2, -0.15) is 0 Å². The molecule has 1 aliphatic heterocycles. The molecule has 8 heteroatoms.